The van der Waals surface area contributed by atoms with E-state index < -0.39 is 21.9 Å². The van der Waals surface area contributed by atoms with Crippen LogP contribution in [-0.4, -0.2) is 245 Å². The fourth-order valence-electron chi connectivity index (χ4n) is 19.4. The number of carbonyl (C=O) groups excluding carboxylic acids is 6. The minimum Gasteiger partial charge on any atom is -0.384 e. The summed E-state index contributed by atoms with van der Waals surface area (Å²) in [6.07, 6.45) is 10.4. The van der Waals surface area contributed by atoms with Gasteiger partial charge in [0.25, 0.3) is 0 Å². The van der Waals surface area contributed by atoms with Crippen molar-refractivity contribution >= 4 is 102 Å². The molecule has 6 amide bonds. The fraction of sp³-hybridized carbons (Fsp3) is 0.343. The number of halogens is 4. The van der Waals surface area contributed by atoms with Crippen LogP contribution in [0, 0.1) is 40.6 Å². The lowest BCUT2D eigenvalue weighted by Gasteiger charge is -2.37. The SMILES string of the molecule is COCC1(C(=O)Nc2ccc3[nH]nc(-c4ccc(F)cc4)c3c2)CCN(CC(=O)N2CC=C(c3cccc(C)c3)CC2)C1.COCC1(C(=O)Nc2ccc3[nH]nc(-c4ccc(F)cc4)c3c2)CCN(CC(=O)N2CCC(c3ccsc3)CC2)C1.COC[C@@]1(C(=O)Nc2ccc3[nH]nc(-c4ccc(F)cc4)c3c2)CCN(CC(=O)N2CCC(F)(c3ccc(-c4ncccn4)cc3)CC2)C1. The van der Waals surface area contributed by atoms with Gasteiger partial charge < -0.3 is 44.9 Å². The molecule has 5 aromatic heterocycles. The van der Waals surface area contributed by atoms with Gasteiger partial charge in [-0.3, -0.25) is 58.8 Å². The maximum Gasteiger partial charge on any atom is 0.237 e. The summed E-state index contributed by atoms with van der Waals surface area (Å²) in [5.74, 6) is -0.172. The summed E-state index contributed by atoms with van der Waals surface area (Å²) in [5.41, 5.74) is 11.2. The zero-order valence-electron chi connectivity index (χ0n) is 74.8. The summed E-state index contributed by atoms with van der Waals surface area (Å²) in [4.78, 5) is 101. The Morgan fingerprint density at radius 2 is 0.865 bits per heavy atom. The predicted molar refractivity (Wildman–Crippen MR) is 506 cm³/mol. The molecule has 0 aliphatic carbocycles. The van der Waals surface area contributed by atoms with Crippen molar-refractivity contribution < 1.29 is 60.5 Å². The zero-order valence-corrected chi connectivity index (χ0v) is 75.6. The highest BCUT2D eigenvalue weighted by molar-refractivity contribution is 7.08. The molecule has 0 bridgehead atoms. The maximum atomic E-state index is 16.1. The van der Waals surface area contributed by atoms with Gasteiger partial charge in [-0.2, -0.15) is 26.6 Å². The van der Waals surface area contributed by atoms with Gasteiger partial charge in [0.1, 0.15) is 23.1 Å². The summed E-state index contributed by atoms with van der Waals surface area (Å²) < 4.78 is 73.0. The number of piperidine rings is 2. The molecule has 8 aromatic carbocycles. The largest absolute Gasteiger partial charge is 0.384 e. The Kier molecular flexibility index (Phi) is 28.0. The standard InChI is InChI=1S/C37H37F2N7O3.C34H36FN5O3.C31H34FN5O3S/c1-49-24-36(35(48)42-29-11-12-31-30(21-29)33(44-43-31)25-5-9-28(38)10-6-25)13-18-45(23-36)22-32(47)46-19-14-37(39,15-20-46)27-7-3-26(4-8-27)34-40-16-2-17-41-34;1-23-4-3-5-26(18-23)24-12-15-40(16-13-24)31(41)20-39-17-14-34(21-39,22-43-2)33(42)36-28-10-11-30-29(19-28)32(38-37-30)25-6-8-27(35)9-7-25;1-40-20-31(11-14-36(19-31)17-28(38)37-12-8-21(9-13-37)23-10-15-41-18-23)30(39)33-25-6-7-27-26(16-25)29(35-34-27)22-2-4-24(32)5-3-22/h2-12,16-17,21H,13-15,18-20,22-24H2,1H3,(H,42,48)(H,43,44);3-12,18-19H,13-17,20-22H2,1-2H3,(H,36,42)(H,37,38);2-7,10,15-16,18,21H,8-9,11-14,17,19-20H2,1H3,(H,33,39)(H,34,35)/t36-;;/m1../s1. The van der Waals surface area contributed by atoms with E-state index in [9.17, 15) is 41.9 Å². The first-order valence-corrected chi connectivity index (χ1v) is 46.0. The number of hydrogen-bond acceptors (Lipinski definition) is 18. The van der Waals surface area contributed by atoms with Crippen LogP contribution in [0.1, 0.15) is 79.5 Å². The van der Waals surface area contributed by atoms with Crippen molar-refractivity contribution in [2.75, 3.05) is 155 Å². The van der Waals surface area contributed by atoms with Gasteiger partial charge in [-0.15, -0.1) is 0 Å². The summed E-state index contributed by atoms with van der Waals surface area (Å²) >= 11 is 1.72. The maximum absolute atomic E-state index is 16.1. The Balaban J connectivity index is 0.000000140. The number of hydrogen-bond donors (Lipinski definition) is 6. The molecular weight excluding hydrogens is 1720 g/mol. The van der Waals surface area contributed by atoms with Gasteiger partial charge in [0.15, 0.2) is 5.82 Å². The number of nitrogens with one attached hydrogen (secondary N) is 6. The number of anilines is 3. The van der Waals surface area contributed by atoms with Gasteiger partial charge in [0, 0.05) is 161 Å². The molecule has 688 valence electrons. The molecule has 6 aliphatic heterocycles. The Hall–Kier alpha value is -13.0. The van der Waals surface area contributed by atoms with Crippen molar-refractivity contribution in [3.05, 3.63) is 257 Å². The van der Waals surface area contributed by atoms with E-state index in [1.165, 1.54) is 58.7 Å². The monoisotopic (exact) mass is 1820 g/mol. The summed E-state index contributed by atoms with van der Waals surface area (Å²) in [6.45, 7) is 10.1. The van der Waals surface area contributed by atoms with Crippen LogP contribution in [-0.2, 0) is 48.6 Å². The number of ether oxygens (including phenoxy) is 3. The number of fused-ring (bicyclic) bond motifs is 3. The van der Waals surface area contributed by atoms with Crippen LogP contribution >= 0.6 is 11.3 Å². The third-order valence-corrected chi connectivity index (χ3v) is 27.5. The highest BCUT2D eigenvalue weighted by Gasteiger charge is 2.49. The minimum absolute atomic E-state index is 0.0758. The number of likely N-dealkylation sites (tertiary alicyclic amines) is 5. The highest BCUT2D eigenvalue weighted by Crippen LogP contribution is 2.43. The van der Waals surface area contributed by atoms with Crippen LogP contribution in [0.25, 0.3) is 83.4 Å². The van der Waals surface area contributed by atoms with E-state index >= 15 is 4.39 Å². The number of alkyl halides is 1. The normalized spacial score (nSPS) is 19.5. The van der Waals surface area contributed by atoms with Gasteiger partial charge in [-0.05, 0) is 244 Å². The minimum atomic E-state index is -1.52. The summed E-state index contributed by atoms with van der Waals surface area (Å²) in [7, 11) is 4.77. The van der Waals surface area contributed by atoms with Gasteiger partial charge in [-0.1, -0.05) is 60.2 Å². The molecule has 0 saturated carbocycles. The number of aromatic amines is 3. The second kappa shape index (κ2) is 40.6. The van der Waals surface area contributed by atoms with Crippen LogP contribution in [0.4, 0.5) is 34.6 Å². The Morgan fingerprint density at radius 1 is 0.451 bits per heavy atom. The third kappa shape index (κ3) is 20.9. The van der Waals surface area contributed by atoms with Gasteiger partial charge in [-0.25, -0.2) is 27.5 Å². The number of thiophene rings is 1. The molecule has 0 radical (unpaired) electrons. The average molecular weight is 1820 g/mol. The second-order valence-electron chi connectivity index (χ2n) is 35.8. The molecule has 2 unspecified atom stereocenters. The van der Waals surface area contributed by atoms with Crippen LogP contribution in [0.3, 0.4) is 0 Å². The van der Waals surface area contributed by atoms with E-state index in [1.54, 1.807) is 111 Å². The molecule has 31 heteroatoms. The van der Waals surface area contributed by atoms with Crippen LogP contribution in [0.5, 0.6) is 0 Å². The van der Waals surface area contributed by atoms with Gasteiger partial charge in [0.2, 0.25) is 35.4 Å². The fourth-order valence-corrected chi connectivity index (χ4v) is 20.1. The number of aromatic nitrogens is 8. The predicted octanol–water partition coefficient (Wildman–Crippen LogP) is 16.0. The summed E-state index contributed by atoms with van der Waals surface area (Å²) in [5, 5.41) is 38.2. The number of carbonyl (C=O) groups is 6. The number of benzene rings is 8. The van der Waals surface area contributed by atoms with Crippen LogP contribution in [0.15, 0.2) is 217 Å². The Morgan fingerprint density at radius 3 is 1.26 bits per heavy atom. The van der Waals surface area contributed by atoms with Crippen LogP contribution in [0.2, 0.25) is 0 Å². The van der Waals surface area contributed by atoms with Gasteiger partial charge >= 0.3 is 0 Å². The van der Waals surface area contributed by atoms with E-state index in [-0.39, 0.29) is 98.6 Å². The zero-order chi connectivity index (χ0) is 92.4. The number of amides is 6. The van der Waals surface area contributed by atoms with Crippen molar-refractivity contribution in [3.8, 4) is 45.2 Å². The number of rotatable bonds is 25. The first kappa shape index (κ1) is 91.9. The molecule has 6 aliphatic rings. The molecular formula is C102H107F4N17O9S. The molecule has 26 nitrogen and oxygen atoms in total. The number of H-pyrrole nitrogens is 3. The number of nitrogens with zero attached hydrogens (tertiary/aromatic N) is 11. The van der Waals surface area contributed by atoms with E-state index in [1.807, 2.05) is 75.4 Å². The lowest BCUT2D eigenvalue weighted by atomic mass is 9.85. The molecule has 6 N–H and O–H groups in total. The van der Waals surface area contributed by atoms with Crippen LogP contribution < -0.4 is 16.0 Å². The third-order valence-electron chi connectivity index (χ3n) is 26.8. The molecule has 3 atom stereocenters. The first-order valence-electron chi connectivity index (χ1n) is 45.0. The van der Waals surface area contributed by atoms with Crippen molar-refractivity contribution in [2.45, 2.75) is 69.9 Å². The van der Waals surface area contributed by atoms with E-state index in [4.69, 9.17) is 14.2 Å². The van der Waals surface area contributed by atoms with Crippen molar-refractivity contribution in [1.29, 1.82) is 0 Å². The Labute approximate surface area is 771 Å². The lowest BCUT2D eigenvalue weighted by Crippen LogP contribution is -2.48. The average Bonchev–Trinajstić information content (AvgIpc) is 1.78. The van der Waals surface area contributed by atoms with Crippen molar-refractivity contribution in [3.63, 3.8) is 0 Å². The molecule has 11 heterocycles. The molecule has 0 spiro atoms. The first-order chi connectivity index (χ1) is 64.5. The van der Waals surface area contributed by atoms with E-state index in [0.29, 0.717) is 143 Å². The molecule has 133 heavy (non-hydrogen) atoms. The number of methoxy groups -OCH3 is 3. The smallest absolute Gasteiger partial charge is 0.237 e. The quantitative estimate of drug-likeness (QED) is 0.0290. The van der Waals surface area contributed by atoms with Crippen molar-refractivity contribution in [2.24, 2.45) is 16.2 Å². The van der Waals surface area contributed by atoms with Gasteiger partial charge in [0.05, 0.1) is 89.3 Å². The molecule has 5 fully saturated rings. The second-order valence-corrected chi connectivity index (χ2v) is 36.6. The molecule has 19 rings (SSSR count). The topological polar surface area (TPSA) is 297 Å². The molecule has 5 saturated heterocycles. The summed E-state index contributed by atoms with van der Waals surface area (Å²) in [6, 6.07) is 54.7. The van der Waals surface area contributed by atoms with Crippen molar-refractivity contribution in [1.82, 2.24) is 70.0 Å². The molecule has 13 aromatic rings. The van der Waals surface area contributed by atoms with E-state index in [0.717, 1.165) is 87.3 Å². The Bertz CT molecular complexity index is 6350. The number of aryl methyl sites for hydroxylation is 1. The van der Waals surface area contributed by atoms with E-state index in [2.05, 4.69) is 120 Å². The lowest BCUT2D eigenvalue weighted by molar-refractivity contribution is -0.136. The highest BCUT2D eigenvalue weighted by atomic mass is 32.1.